The van der Waals surface area contributed by atoms with Crippen LogP contribution < -0.4 is 4.74 Å². The van der Waals surface area contributed by atoms with Crippen LogP contribution in [0.3, 0.4) is 0 Å². The summed E-state index contributed by atoms with van der Waals surface area (Å²) < 4.78 is 51.8. The van der Waals surface area contributed by atoms with Crippen molar-refractivity contribution < 1.29 is 41.6 Å². The number of hydrogen-bond donors (Lipinski definition) is 1. The first kappa shape index (κ1) is 28.2. The molecule has 3 aromatic carbocycles. The van der Waals surface area contributed by atoms with Crippen molar-refractivity contribution in [3.8, 4) is 5.75 Å². The van der Waals surface area contributed by atoms with E-state index in [1.54, 1.807) is 0 Å². The third-order valence-electron chi connectivity index (χ3n) is 11.6. The van der Waals surface area contributed by atoms with Gasteiger partial charge < -0.3 is 14.2 Å². The van der Waals surface area contributed by atoms with E-state index in [1.165, 1.54) is 23.3 Å². The molecule has 7 unspecified atom stereocenters. The Morgan fingerprint density at radius 3 is 2.13 bits per heavy atom. The monoisotopic (exact) mass is 640 g/mol. The van der Waals surface area contributed by atoms with Gasteiger partial charge in [0.05, 0.1) is 22.6 Å². The summed E-state index contributed by atoms with van der Waals surface area (Å²) in [5.74, 6) is -3.83. The van der Waals surface area contributed by atoms with Crippen molar-refractivity contribution >= 4 is 28.0 Å². The van der Waals surface area contributed by atoms with Crippen molar-refractivity contribution in [2.45, 2.75) is 67.5 Å². The number of ether oxygens (including phenoxy) is 3. The first-order valence-electron chi connectivity index (χ1n) is 16.1. The molecule has 0 spiro atoms. The SMILES string of the molecule is O=C(OC1C2CC3C1OC(=O)C3C2C(=O)Oc1ccc(S(=O)(=O)O)c2c1CCCC2)C1CC2c3ccccc3C1c1ccccc12. The van der Waals surface area contributed by atoms with Gasteiger partial charge in [-0.3, -0.25) is 18.9 Å². The van der Waals surface area contributed by atoms with Gasteiger partial charge in [0.2, 0.25) is 0 Å². The van der Waals surface area contributed by atoms with E-state index in [2.05, 4.69) is 24.3 Å². The molecular formula is C36H32O9S. The Labute approximate surface area is 266 Å². The molecule has 10 rings (SSSR count). The molecule has 3 aromatic rings. The molecule has 2 saturated carbocycles. The molecule has 1 saturated heterocycles. The molecule has 4 bridgehead atoms. The van der Waals surface area contributed by atoms with Gasteiger partial charge in [0.1, 0.15) is 18.0 Å². The minimum absolute atomic E-state index is 0.0875. The summed E-state index contributed by atoms with van der Waals surface area (Å²) >= 11 is 0. The van der Waals surface area contributed by atoms with E-state index in [4.69, 9.17) is 14.2 Å². The third kappa shape index (κ3) is 3.95. The lowest BCUT2D eigenvalue weighted by molar-refractivity contribution is -0.169. The van der Waals surface area contributed by atoms with Crippen LogP contribution in [0, 0.1) is 29.6 Å². The Bertz CT molecular complexity index is 1900. The molecule has 3 fully saturated rings. The van der Waals surface area contributed by atoms with E-state index < -0.39 is 57.9 Å². The van der Waals surface area contributed by atoms with Crippen LogP contribution in [0.15, 0.2) is 65.6 Å². The largest absolute Gasteiger partial charge is 0.458 e. The van der Waals surface area contributed by atoms with E-state index in [0.717, 1.165) is 24.0 Å². The fourth-order valence-electron chi connectivity index (χ4n) is 9.87. The van der Waals surface area contributed by atoms with Crippen LogP contribution in [0.5, 0.6) is 5.75 Å². The number of fused-ring (bicyclic) bond motifs is 3. The highest BCUT2D eigenvalue weighted by Gasteiger charge is 2.70. The van der Waals surface area contributed by atoms with Crippen molar-refractivity contribution in [2.75, 3.05) is 0 Å². The highest BCUT2D eigenvalue weighted by atomic mass is 32.2. The lowest BCUT2D eigenvalue weighted by Gasteiger charge is -2.45. The summed E-state index contributed by atoms with van der Waals surface area (Å²) in [5.41, 5.74) is 5.83. The number of carbonyl (C=O) groups excluding carboxylic acids is 3. The molecule has 7 aliphatic rings. The standard InChI is InChI=1S/C36H32O9S/c37-34(26-15-23-17-7-1-5-11-21(17)29(26)22-12-6-2-8-18(22)23)44-32-24-16-25-31(36(39)45-33(25)32)30(24)35(38)43-27-13-14-28(46(40,41)42)20-10-4-3-9-19(20)27/h1-2,5-8,11-14,23-26,29-33H,3-4,9-10,15-16H2,(H,40,41,42). The number of benzene rings is 3. The van der Waals surface area contributed by atoms with Gasteiger partial charge in [-0.15, -0.1) is 0 Å². The Morgan fingerprint density at radius 1 is 0.804 bits per heavy atom. The zero-order valence-corrected chi connectivity index (χ0v) is 25.7. The fraction of sp³-hybridized carbons (Fsp3) is 0.417. The smallest absolute Gasteiger partial charge is 0.315 e. The van der Waals surface area contributed by atoms with Crippen LogP contribution in [0.4, 0.5) is 0 Å². The molecule has 1 N–H and O–H groups in total. The van der Waals surface area contributed by atoms with Gasteiger partial charge in [0.25, 0.3) is 10.1 Å². The molecule has 0 aromatic heterocycles. The summed E-state index contributed by atoms with van der Waals surface area (Å²) in [5, 5.41) is 0. The average molecular weight is 641 g/mol. The summed E-state index contributed by atoms with van der Waals surface area (Å²) in [6.45, 7) is 0. The summed E-state index contributed by atoms with van der Waals surface area (Å²) in [6, 6.07) is 19.2. The molecule has 6 aliphatic carbocycles. The number of carbonyl (C=O) groups is 3. The summed E-state index contributed by atoms with van der Waals surface area (Å²) in [7, 11) is -4.44. The van der Waals surface area contributed by atoms with Crippen molar-refractivity contribution in [3.05, 3.63) is 94.0 Å². The maximum atomic E-state index is 14.1. The number of rotatable bonds is 5. The second-order valence-electron chi connectivity index (χ2n) is 13.7. The lowest BCUT2D eigenvalue weighted by atomic mass is 9.59. The summed E-state index contributed by atoms with van der Waals surface area (Å²) in [4.78, 5) is 40.9. The second kappa shape index (κ2) is 9.99. The number of esters is 3. The van der Waals surface area contributed by atoms with Crippen LogP contribution in [0.1, 0.15) is 70.9 Å². The highest BCUT2D eigenvalue weighted by molar-refractivity contribution is 7.85. The van der Waals surface area contributed by atoms with Gasteiger partial charge >= 0.3 is 17.9 Å². The summed E-state index contributed by atoms with van der Waals surface area (Å²) in [6.07, 6.45) is 2.28. The van der Waals surface area contributed by atoms with E-state index >= 15 is 0 Å². The molecule has 7 atom stereocenters. The first-order chi connectivity index (χ1) is 22.2. The highest BCUT2D eigenvalue weighted by Crippen LogP contribution is 2.60. The van der Waals surface area contributed by atoms with Crippen LogP contribution >= 0.6 is 0 Å². The molecule has 46 heavy (non-hydrogen) atoms. The molecule has 0 radical (unpaired) electrons. The van der Waals surface area contributed by atoms with E-state index in [-0.39, 0.29) is 34.4 Å². The van der Waals surface area contributed by atoms with Crippen molar-refractivity contribution in [1.82, 2.24) is 0 Å². The van der Waals surface area contributed by atoms with Crippen LogP contribution in [-0.4, -0.2) is 43.1 Å². The normalized spacial score (nSPS) is 32.7. The predicted octanol–water partition coefficient (Wildman–Crippen LogP) is 4.73. The third-order valence-corrected chi connectivity index (χ3v) is 12.6. The number of hydrogen-bond acceptors (Lipinski definition) is 8. The Hall–Kier alpha value is -4.02. The van der Waals surface area contributed by atoms with Gasteiger partial charge in [-0.2, -0.15) is 8.42 Å². The Balaban J connectivity index is 0.998. The Morgan fingerprint density at radius 2 is 1.46 bits per heavy atom. The first-order valence-corrected chi connectivity index (χ1v) is 17.6. The topological polar surface area (TPSA) is 133 Å². The van der Waals surface area contributed by atoms with Gasteiger partial charge in [0.15, 0.2) is 0 Å². The lowest BCUT2D eigenvalue weighted by Crippen LogP contribution is -2.46. The minimum atomic E-state index is -4.44. The fourth-order valence-corrected chi connectivity index (χ4v) is 10.7. The van der Waals surface area contributed by atoms with Crippen LogP contribution in [-0.2, 0) is 46.8 Å². The van der Waals surface area contributed by atoms with E-state index in [0.29, 0.717) is 36.8 Å². The average Bonchev–Trinajstić information content (AvgIpc) is 3.68. The quantitative estimate of drug-likeness (QED) is 0.239. The van der Waals surface area contributed by atoms with Crippen molar-refractivity contribution in [2.24, 2.45) is 29.6 Å². The van der Waals surface area contributed by atoms with Gasteiger partial charge in [0, 0.05) is 23.7 Å². The zero-order chi connectivity index (χ0) is 31.5. The minimum Gasteiger partial charge on any atom is -0.458 e. The molecule has 9 nitrogen and oxygen atoms in total. The van der Waals surface area contributed by atoms with Crippen molar-refractivity contribution in [3.63, 3.8) is 0 Å². The maximum Gasteiger partial charge on any atom is 0.315 e. The molecule has 236 valence electrons. The molecular weight excluding hydrogens is 608 g/mol. The predicted molar refractivity (Wildman–Crippen MR) is 162 cm³/mol. The molecule has 1 aliphatic heterocycles. The van der Waals surface area contributed by atoms with Crippen LogP contribution in [0.25, 0.3) is 0 Å². The van der Waals surface area contributed by atoms with Crippen LogP contribution in [0.2, 0.25) is 0 Å². The van der Waals surface area contributed by atoms with E-state index in [9.17, 15) is 27.4 Å². The van der Waals surface area contributed by atoms with Gasteiger partial charge in [-0.05, 0) is 84.0 Å². The van der Waals surface area contributed by atoms with Crippen molar-refractivity contribution in [1.29, 1.82) is 0 Å². The zero-order valence-electron chi connectivity index (χ0n) is 24.8. The van der Waals surface area contributed by atoms with E-state index in [1.807, 2.05) is 24.3 Å². The second-order valence-corrected chi connectivity index (χ2v) is 15.1. The maximum absolute atomic E-state index is 14.1. The van der Waals surface area contributed by atoms with Gasteiger partial charge in [-0.25, -0.2) is 0 Å². The molecule has 10 heteroatoms. The Kier molecular flexibility index (Phi) is 6.13. The molecule has 0 amide bonds. The molecule has 1 heterocycles. The van der Waals surface area contributed by atoms with Gasteiger partial charge in [-0.1, -0.05) is 48.5 Å².